The smallest absolute Gasteiger partial charge is 0.132 e. The van der Waals surface area contributed by atoms with Crippen molar-refractivity contribution in [3.05, 3.63) is 56.6 Å². The number of halogens is 2. The second-order valence-corrected chi connectivity index (χ2v) is 6.65. The van der Waals surface area contributed by atoms with Crippen LogP contribution in [-0.4, -0.2) is 6.04 Å². The van der Waals surface area contributed by atoms with Gasteiger partial charge in [0.25, 0.3) is 0 Å². The first-order valence-electron chi connectivity index (χ1n) is 6.66. The highest BCUT2D eigenvalue weighted by Crippen LogP contribution is 2.29. The van der Waals surface area contributed by atoms with E-state index in [9.17, 15) is 0 Å². The summed E-state index contributed by atoms with van der Waals surface area (Å²) in [5.41, 5.74) is 1.10. The molecule has 104 valence electrons. The van der Waals surface area contributed by atoms with Crippen LogP contribution < -0.4 is 10.1 Å². The van der Waals surface area contributed by atoms with Gasteiger partial charge in [-0.3, -0.25) is 0 Å². The topological polar surface area (TPSA) is 21.3 Å². The first-order valence-corrected chi connectivity index (χ1v) is 8.11. The normalized spacial score (nSPS) is 14.3. The predicted molar refractivity (Wildman–Crippen MR) is 90.5 cm³/mol. The van der Waals surface area contributed by atoms with Crippen molar-refractivity contribution < 1.29 is 4.74 Å². The molecule has 20 heavy (non-hydrogen) atoms. The molecule has 4 heteroatoms. The standard InChI is InChI=1S/C16H15ClINO/c17-12-4-7-16(11(8-12)10-19-14-5-6-14)20-15-3-1-2-13(18)9-15/h1-4,7-9,14,19H,5-6,10H2. The maximum absolute atomic E-state index is 6.09. The van der Waals surface area contributed by atoms with Crippen molar-refractivity contribution in [2.75, 3.05) is 0 Å². The molecular weight excluding hydrogens is 385 g/mol. The van der Waals surface area contributed by atoms with Gasteiger partial charge in [-0.05, 0) is 71.8 Å². The van der Waals surface area contributed by atoms with E-state index in [0.717, 1.165) is 32.2 Å². The van der Waals surface area contributed by atoms with Crippen molar-refractivity contribution in [3.8, 4) is 11.5 Å². The van der Waals surface area contributed by atoms with Crippen LogP contribution in [0.15, 0.2) is 42.5 Å². The Labute approximate surface area is 137 Å². The van der Waals surface area contributed by atoms with E-state index in [1.807, 2.05) is 42.5 Å². The largest absolute Gasteiger partial charge is 0.457 e. The summed E-state index contributed by atoms with van der Waals surface area (Å²) in [5, 5.41) is 4.24. The SMILES string of the molecule is Clc1ccc(Oc2cccc(I)c2)c(CNC2CC2)c1. The predicted octanol–water partition coefficient (Wildman–Crippen LogP) is 4.99. The van der Waals surface area contributed by atoms with Gasteiger partial charge in [0, 0.05) is 26.7 Å². The van der Waals surface area contributed by atoms with Gasteiger partial charge >= 0.3 is 0 Å². The minimum Gasteiger partial charge on any atom is -0.457 e. The van der Waals surface area contributed by atoms with Crippen molar-refractivity contribution in [2.45, 2.75) is 25.4 Å². The van der Waals surface area contributed by atoms with Gasteiger partial charge < -0.3 is 10.1 Å². The van der Waals surface area contributed by atoms with E-state index in [1.54, 1.807) is 0 Å². The fourth-order valence-electron chi connectivity index (χ4n) is 1.98. The van der Waals surface area contributed by atoms with Gasteiger partial charge in [-0.1, -0.05) is 17.7 Å². The lowest BCUT2D eigenvalue weighted by Crippen LogP contribution is -2.15. The highest BCUT2D eigenvalue weighted by atomic mass is 127. The van der Waals surface area contributed by atoms with Crippen molar-refractivity contribution >= 4 is 34.2 Å². The Balaban J connectivity index is 1.79. The molecule has 0 saturated heterocycles. The maximum atomic E-state index is 6.09. The highest BCUT2D eigenvalue weighted by molar-refractivity contribution is 14.1. The molecule has 0 aliphatic heterocycles. The summed E-state index contributed by atoms with van der Waals surface area (Å²) in [7, 11) is 0. The Bertz CT molecular complexity index is 613. The lowest BCUT2D eigenvalue weighted by atomic mass is 10.2. The number of nitrogens with one attached hydrogen (secondary N) is 1. The highest BCUT2D eigenvalue weighted by Gasteiger charge is 2.20. The molecule has 0 heterocycles. The molecule has 1 fully saturated rings. The first kappa shape index (κ1) is 14.2. The van der Waals surface area contributed by atoms with Gasteiger partial charge in [0.1, 0.15) is 11.5 Å². The van der Waals surface area contributed by atoms with Crippen LogP contribution in [0.2, 0.25) is 5.02 Å². The van der Waals surface area contributed by atoms with Gasteiger partial charge in [-0.25, -0.2) is 0 Å². The average molecular weight is 400 g/mol. The Kier molecular flexibility index (Phi) is 4.48. The minimum absolute atomic E-state index is 0.666. The Hall–Kier alpha value is -0.780. The van der Waals surface area contributed by atoms with E-state index in [2.05, 4.69) is 27.9 Å². The molecule has 2 nitrogen and oxygen atoms in total. The van der Waals surface area contributed by atoms with Crippen molar-refractivity contribution in [3.63, 3.8) is 0 Å². The Morgan fingerprint density at radius 1 is 1.20 bits per heavy atom. The first-order chi connectivity index (χ1) is 9.70. The summed E-state index contributed by atoms with van der Waals surface area (Å²) >= 11 is 8.37. The monoisotopic (exact) mass is 399 g/mol. The molecule has 1 aliphatic rings. The molecule has 1 saturated carbocycles. The molecular formula is C16H15ClINO. The number of benzene rings is 2. The van der Waals surface area contributed by atoms with Crippen LogP contribution in [0.25, 0.3) is 0 Å². The van der Waals surface area contributed by atoms with E-state index < -0.39 is 0 Å². The molecule has 0 bridgehead atoms. The fraction of sp³-hybridized carbons (Fsp3) is 0.250. The van der Waals surface area contributed by atoms with Crippen molar-refractivity contribution in [2.24, 2.45) is 0 Å². The number of hydrogen-bond acceptors (Lipinski definition) is 2. The van der Waals surface area contributed by atoms with Crippen molar-refractivity contribution in [1.29, 1.82) is 0 Å². The molecule has 0 amide bonds. The molecule has 0 aromatic heterocycles. The van der Waals surface area contributed by atoms with Gasteiger partial charge in [-0.2, -0.15) is 0 Å². The maximum Gasteiger partial charge on any atom is 0.132 e. The second-order valence-electron chi connectivity index (χ2n) is 4.97. The fourth-order valence-corrected chi connectivity index (χ4v) is 2.69. The quantitative estimate of drug-likeness (QED) is 0.715. The summed E-state index contributed by atoms with van der Waals surface area (Å²) in [6.07, 6.45) is 2.54. The van der Waals surface area contributed by atoms with Crippen molar-refractivity contribution in [1.82, 2.24) is 5.32 Å². The van der Waals surface area contributed by atoms with Crippen LogP contribution in [0.1, 0.15) is 18.4 Å². The summed E-state index contributed by atoms with van der Waals surface area (Å²) in [6, 6.07) is 14.5. The molecule has 0 atom stereocenters. The number of hydrogen-bond donors (Lipinski definition) is 1. The molecule has 1 N–H and O–H groups in total. The van der Waals surface area contributed by atoms with Crippen LogP contribution in [0, 0.1) is 3.57 Å². The number of rotatable bonds is 5. The van der Waals surface area contributed by atoms with Crippen LogP contribution in [0.5, 0.6) is 11.5 Å². The van der Waals surface area contributed by atoms with Gasteiger partial charge in [0.2, 0.25) is 0 Å². The van der Waals surface area contributed by atoms with Crippen LogP contribution in [-0.2, 0) is 6.54 Å². The summed E-state index contributed by atoms with van der Waals surface area (Å²) in [6.45, 7) is 0.796. The zero-order valence-electron chi connectivity index (χ0n) is 10.9. The van der Waals surface area contributed by atoms with Gasteiger partial charge in [0.05, 0.1) is 0 Å². The molecule has 3 rings (SSSR count). The molecule has 0 unspecified atom stereocenters. The van der Waals surface area contributed by atoms with Gasteiger partial charge in [-0.15, -0.1) is 0 Å². The van der Waals surface area contributed by atoms with Crippen LogP contribution in [0.4, 0.5) is 0 Å². The minimum atomic E-state index is 0.666. The van der Waals surface area contributed by atoms with E-state index in [1.165, 1.54) is 12.8 Å². The van der Waals surface area contributed by atoms with E-state index in [-0.39, 0.29) is 0 Å². The van der Waals surface area contributed by atoms with Crippen LogP contribution >= 0.6 is 34.2 Å². The number of ether oxygens (including phenoxy) is 1. The molecule has 1 aliphatic carbocycles. The molecule has 2 aromatic rings. The third kappa shape index (κ3) is 3.87. The lowest BCUT2D eigenvalue weighted by molar-refractivity contribution is 0.472. The zero-order chi connectivity index (χ0) is 13.9. The van der Waals surface area contributed by atoms with E-state index in [0.29, 0.717) is 6.04 Å². The average Bonchev–Trinajstić information content (AvgIpc) is 3.23. The van der Waals surface area contributed by atoms with E-state index >= 15 is 0 Å². The second kappa shape index (κ2) is 6.33. The van der Waals surface area contributed by atoms with Gasteiger partial charge in [0.15, 0.2) is 0 Å². The summed E-state index contributed by atoms with van der Waals surface area (Å²) in [4.78, 5) is 0. The lowest BCUT2D eigenvalue weighted by Gasteiger charge is -2.12. The molecule has 0 radical (unpaired) electrons. The summed E-state index contributed by atoms with van der Waals surface area (Å²) < 4.78 is 7.15. The van der Waals surface area contributed by atoms with E-state index in [4.69, 9.17) is 16.3 Å². The third-order valence-electron chi connectivity index (χ3n) is 3.20. The zero-order valence-corrected chi connectivity index (χ0v) is 13.8. The molecule has 0 spiro atoms. The molecule has 2 aromatic carbocycles. The third-order valence-corrected chi connectivity index (χ3v) is 4.11. The Morgan fingerprint density at radius 2 is 2.05 bits per heavy atom. The van der Waals surface area contributed by atoms with Crippen LogP contribution in [0.3, 0.4) is 0 Å². The Morgan fingerprint density at radius 3 is 2.80 bits per heavy atom. The summed E-state index contributed by atoms with van der Waals surface area (Å²) in [5.74, 6) is 1.72.